The van der Waals surface area contributed by atoms with E-state index in [4.69, 9.17) is 9.47 Å². The number of aryl methyl sites for hydroxylation is 2. The van der Waals surface area contributed by atoms with Crippen LogP contribution in [-0.4, -0.2) is 35.8 Å². The number of aromatic nitrogens is 3. The normalized spacial score (nSPS) is 11.1. The molecule has 0 aliphatic carbocycles. The van der Waals surface area contributed by atoms with Crippen LogP contribution in [0.2, 0.25) is 0 Å². The van der Waals surface area contributed by atoms with Gasteiger partial charge in [-0.05, 0) is 31.5 Å². The monoisotopic (exact) mass is 468 g/mol. The quantitative estimate of drug-likeness (QED) is 0.494. The third-order valence-corrected chi connectivity index (χ3v) is 6.55. The lowest BCUT2D eigenvalue weighted by Crippen LogP contribution is -2.18. The Morgan fingerprint density at radius 2 is 1.97 bits per heavy atom. The van der Waals surface area contributed by atoms with Crippen molar-refractivity contribution in [2.75, 3.05) is 12.9 Å². The van der Waals surface area contributed by atoms with E-state index in [1.807, 2.05) is 6.07 Å². The zero-order valence-corrected chi connectivity index (χ0v) is 19.6. The molecule has 0 saturated heterocycles. The Balaban J connectivity index is 2.17. The highest BCUT2D eigenvalue weighted by Crippen LogP contribution is 2.35. The Hall–Kier alpha value is -3.71. The highest BCUT2D eigenvalue weighted by Gasteiger charge is 2.18. The summed E-state index contributed by atoms with van der Waals surface area (Å²) in [6, 6.07) is 9.98. The van der Waals surface area contributed by atoms with Gasteiger partial charge in [-0.15, -0.1) is 0 Å². The van der Waals surface area contributed by atoms with Gasteiger partial charge in [-0.2, -0.15) is 10.2 Å². The van der Waals surface area contributed by atoms with Crippen molar-refractivity contribution < 1.29 is 17.9 Å². The fraction of sp³-hybridized carbons (Fsp3) is 0.304. The molecule has 0 N–H and O–H groups in total. The van der Waals surface area contributed by atoms with E-state index >= 15 is 0 Å². The summed E-state index contributed by atoms with van der Waals surface area (Å²) in [5, 5.41) is 9.47. The predicted molar refractivity (Wildman–Crippen MR) is 123 cm³/mol. The van der Waals surface area contributed by atoms with E-state index in [0.717, 1.165) is 0 Å². The number of sulfone groups is 1. The van der Waals surface area contributed by atoms with E-state index in [1.54, 1.807) is 51.4 Å². The Kier molecular flexibility index (Phi) is 7.13. The van der Waals surface area contributed by atoms with Crippen molar-refractivity contribution in [1.29, 1.82) is 5.26 Å². The van der Waals surface area contributed by atoms with Crippen molar-refractivity contribution in [2.24, 2.45) is 7.05 Å². The SMILES string of the molecule is CCCS(=O)(=O)Cc1cc(Oc2c(C#N)cccc2OC)nc(-c2cc(C)c(=O)n(C)c2)n1. The number of nitriles is 1. The lowest BCUT2D eigenvalue weighted by Gasteiger charge is -2.13. The summed E-state index contributed by atoms with van der Waals surface area (Å²) < 4.78 is 37.6. The van der Waals surface area contributed by atoms with E-state index in [9.17, 15) is 18.5 Å². The minimum Gasteiger partial charge on any atom is -0.493 e. The predicted octanol–water partition coefficient (Wildman–Crippen LogP) is 3.15. The van der Waals surface area contributed by atoms with Gasteiger partial charge in [0.15, 0.2) is 27.2 Å². The number of hydrogen-bond acceptors (Lipinski definition) is 8. The first-order chi connectivity index (χ1) is 15.7. The molecule has 3 rings (SSSR count). The van der Waals surface area contributed by atoms with Crippen molar-refractivity contribution >= 4 is 9.84 Å². The Morgan fingerprint density at radius 1 is 1.21 bits per heavy atom. The maximum atomic E-state index is 12.5. The minimum atomic E-state index is -3.40. The van der Waals surface area contributed by atoms with E-state index in [1.165, 1.54) is 17.7 Å². The fourth-order valence-electron chi connectivity index (χ4n) is 3.31. The number of pyridine rings is 1. The zero-order valence-electron chi connectivity index (χ0n) is 18.8. The third kappa shape index (κ3) is 5.56. The van der Waals surface area contributed by atoms with Gasteiger partial charge in [0, 0.05) is 30.4 Å². The first-order valence-electron chi connectivity index (χ1n) is 10.2. The summed E-state index contributed by atoms with van der Waals surface area (Å²) in [5.74, 6) is 0.454. The molecule has 1 aromatic carbocycles. The van der Waals surface area contributed by atoms with Gasteiger partial charge in [-0.25, -0.2) is 13.4 Å². The van der Waals surface area contributed by atoms with Gasteiger partial charge in [0.05, 0.1) is 29.9 Å². The van der Waals surface area contributed by atoms with Crippen LogP contribution in [0.5, 0.6) is 17.4 Å². The maximum absolute atomic E-state index is 12.5. The second kappa shape index (κ2) is 9.83. The van der Waals surface area contributed by atoms with Crippen LogP contribution >= 0.6 is 0 Å². The zero-order chi connectivity index (χ0) is 24.2. The highest BCUT2D eigenvalue weighted by molar-refractivity contribution is 7.90. The molecule has 0 spiro atoms. The largest absolute Gasteiger partial charge is 0.493 e. The van der Waals surface area contributed by atoms with Crippen LogP contribution in [0.15, 0.2) is 41.3 Å². The van der Waals surface area contributed by atoms with Gasteiger partial charge < -0.3 is 14.0 Å². The van der Waals surface area contributed by atoms with Gasteiger partial charge >= 0.3 is 0 Å². The fourth-order valence-corrected chi connectivity index (χ4v) is 4.68. The minimum absolute atomic E-state index is 0.0204. The summed E-state index contributed by atoms with van der Waals surface area (Å²) in [6.07, 6.45) is 2.05. The van der Waals surface area contributed by atoms with Gasteiger partial charge in [0.2, 0.25) is 5.88 Å². The van der Waals surface area contributed by atoms with Crippen LogP contribution in [-0.2, 0) is 22.6 Å². The van der Waals surface area contributed by atoms with Crippen molar-refractivity contribution in [2.45, 2.75) is 26.0 Å². The van der Waals surface area contributed by atoms with Crippen molar-refractivity contribution in [3.63, 3.8) is 0 Å². The molecule has 3 aromatic rings. The molecular weight excluding hydrogens is 444 g/mol. The van der Waals surface area contributed by atoms with Crippen molar-refractivity contribution in [1.82, 2.24) is 14.5 Å². The van der Waals surface area contributed by atoms with Crippen LogP contribution in [0.3, 0.4) is 0 Å². The topological polar surface area (TPSA) is 124 Å². The molecule has 2 heterocycles. The number of benzene rings is 1. The molecule has 10 heteroatoms. The van der Waals surface area contributed by atoms with Crippen LogP contribution in [0.1, 0.15) is 30.2 Å². The molecule has 0 aliphatic rings. The van der Waals surface area contributed by atoms with Crippen molar-refractivity contribution in [3.05, 3.63) is 63.7 Å². The van der Waals surface area contributed by atoms with Gasteiger partial charge in [0.25, 0.3) is 5.56 Å². The standard InChI is InChI=1S/C23H24N4O5S/c1-5-9-33(29,30)14-18-11-20(32-21-16(12-24)7-6-8-19(21)31-4)26-22(25-18)17-10-15(2)23(28)27(3)13-17/h6-8,10-11,13H,5,9,14H2,1-4H3. The van der Waals surface area contributed by atoms with Gasteiger partial charge in [0.1, 0.15) is 6.07 Å². The van der Waals surface area contributed by atoms with Gasteiger partial charge in [-0.1, -0.05) is 13.0 Å². The number of hydrogen-bond donors (Lipinski definition) is 0. The van der Waals surface area contributed by atoms with E-state index < -0.39 is 9.84 Å². The lowest BCUT2D eigenvalue weighted by molar-refractivity contribution is 0.373. The summed E-state index contributed by atoms with van der Waals surface area (Å²) in [7, 11) is -0.340. The van der Waals surface area contributed by atoms with Crippen LogP contribution in [0.4, 0.5) is 0 Å². The number of methoxy groups -OCH3 is 1. The summed E-state index contributed by atoms with van der Waals surface area (Å²) >= 11 is 0. The number of nitrogens with zero attached hydrogens (tertiary/aromatic N) is 4. The van der Waals surface area contributed by atoms with Crippen LogP contribution in [0.25, 0.3) is 11.4 Å². The van der Waals surface area contributed by atoms with E-state index in [0.29, 0.717) is 23.3 Å². The first kappa shape index (κ1) is 23.9. The molecule has 0 saturated carbocycles. The molecule has 9 nitrogen and oxygen atoms in total. The molecule has 2 aromatic heterocycles. The molecule has 0 atom stereocenters. The van der Waals surface area contributed by atoms with Gasteiger partial charge in [-0.3, -0.25) is 4.79 Å². The molecular formula is C23H24N4O5S. The van der Waals surface area contributed by atoms with E-state index in [-0.39, 0.29) is 45.8 Å². The maximum Gasteiger partial charge on any atom is 0.253 e. The van der Waals surface area contributed by atoms with Crippen LogP contribution < -0.4 is 15.0 Å². The average molecular weight is 469 g/mol. The van der Waals surface area contributed by atoms with Crippen molar-refractivity contribution in [3.8, 4) is 34.8 Å². The molecule has 33 heavy (non-hydrogen) atoms. The summed E-state index contributed by atoms with van der Waals surface area (Å²) in [5.41, 5.74) is 1.32. The molecule has 0 fully saturated rings. The Labute approximate surface area is 192 Å². The highest BCUT2D eigenvalue weighted by atomic mass is 32.2. The second-order valence-corrected chi connectivity index (χ2v) is 9.68. The Morgan fingerprint density at radius 3 is 2.61 bits per heavy atom. The molecule has 0 aliphatic heterocycles. The second-order valence-electron chi connectivity index (χ2n) is 7.49. The van der Waals surface area contributed by atoms with E-state index in [2.05, 4.69) is 9.97 Å². The average Bonchev–Trinajstić information content (AvgIpc) is 2.76. The Bertz CT molecular complexity index is 1360. The number of rotatable bonds is 8. The summed E-state index contributed by atoms with van der Waals surface area (Å²) in [4.78, 5) is 21.0. The third-order valence-electron chi connectivity index (χ3n) is 4.79. The lowest BCUT2D eigenvalue weighted by atomic mass is 10.2. The number of ether oxygens (including phenoxy) is 2. The number of para-hydroxylation sites is 1. The molecule has 172 valence electrons. The molecule has 0 amide bonds. The summed E-state index contributed by atoms with van der Waals surface area (Å²) in [6.45, 7) is 3.46. The molecule has 0 radical (unpaired) electrons. The smallest absolute Gasteiger partial charge is 0.253 e. The molecule has 0 bridgehead atoms. The molecule has 0 unspecified atom stereocenters. The van der Waals surface area contributed by atoms with Crippen LogP contribution in [0, 0.1) is 18.3 Å². The first-order valence-corrected chi connectivity index (χ1v) is 12.0.